The average Bonchev–Trinajstić information content (AvgIpc) is 2.60. The van der Waals surface area contributed by atoms with E-state index >= 15 is 0 Å². The number of hydrogen-bond acceptors (Lipinski definition) is 2. The molecule has 0 saturated carbocycles. The molecule has 0 aliphatic rings. The van der Waals surface area contributed by atoms with Gasteiger partial charge in [-0.25, -0.2) is 4.79 Å². The zero-order valence-electron chi connectivity index (χ0n) is 13.6. The van der Waals surface area contributed by atoms with Crippen LogP contribution in [0.15, 0.2) is 42.5 Å². The zero-order valence-corrected chi connectivity index (χ0v) is 13.6. The number of amides is 1. The number of rotatable bonds is 3. The Hall–Kier alpha value is -3.27. The van der Waals surface area contributed by atoms with Crippen molar-refractivity contribution in [2.45, 2.75) is 19.5 Å². The van der Waals surface area contributed by atoms with Gasteiger partial charge in [0.1, 0.15) is 0 Å². The minimum absolute atomic E-state index is 0.133. The highest BCUT2D eigenvalue weighted by Gasteiger charge is 2.30. The van der Waals surface area contributed by atoms with Crippen molar-refractivity contribution < 1.29 is 27.9 Å². The van der Waals surface area contributed by atoms with Gasteiger partial charge in [-0.3, -0.25) is 4.79 Å². The van der Waals surface area contributed by atoms with E-state index in [1.165, 1.54) is 30.3 Å². The first-order valence-corrected chi connectivity index (χ1v) is 7.57. The number of halogens is 3. The molecule has 0 atom stereocenters. The molecule has 0 aromatic heterocycles. The van der Waals surface area contributed by atoms with E-state index in [2.05, 4.69) is 17.2 Å². The van der Waals surface area contributed by atoms with Crippen molar-refractivity contribution in [3.8, 4) is 11.8 Å². The molecule has 0 spiro atoms. The monoisotopic (exact) mass is 361 g/mol. The molecule has 2 aromatic rings. The number of carbonyl (C=O) groups excluding carboxylic acids is 1. The third-order valence-electron chi connectivity index (χ3n) is 3.39. The number of hydrogen-bond donors (Lipinski definition) is 2. The molecule has 7 heteroatoms. The summed E-state index contributed by atoms with van der Waals surface area (Å²) < 4.78 is 38.1. The van der Waals surface area contributed by atoms with E-state index in [0.717, 1.165) is 12.1 Å². The number of aromatic carboxylic acids is 1. The number of nitrogens with one attached hydrogen (secondary N) is 1. The average molecular weight is 361 g/mol. The number of carboxylic acid groups (broad SMARTS) is 1. The number of carbonyl (C=O) groups is 2. The number of carboxylic acids is 1. The van der Waals surface area contributed by atoms with Crippen molar-refractivity contribution >= 4 is 17.6 Å². The molecular weight excluding hydrogens is 347 g/mol. The second kappa shape index (κ2) is 7.74. The Bertz CT molecular complexity index is 908. The van der Waals surface area contributed by atoms with Crippen LogP contribution in [0.5, 0.6) is 0 Å². The number of benzene rings is 2. The highest BCUT2D eigenvalue weighted by Crippen LogP contribution is 2.29. The first-order chi connectivity index (χ1) is 12.2. The molecule has 0 aliphatic heterocycles. The van der Waals surface area contributed by atoms with Gasteiger partial charge in [-0.15, -0.1) is 0 Å². The van der Waals surface area contributed by atoms with Crippen molar-refractivity contribution in [1.82, 2.24) is 0 Å². The van der Waals surface area contributed by atoms with Crippen LogP contribution in [-0.4, -0.2) is 17.0 Å². The fourth-order valence-electron chi connectivity index (χ4n) is 2.06. The summed E-state index contributed by atoms with van der Waals surface area (Å²) in [7, 11) is 0. The van der Waals surface area contributed by atoms with E-state index < -0.39 is 17.7 Å². The first-order valence-electron chi connectivity index (χ1n) is 7.57. The summed E-state index contributed by atoms with van der Waals surface area (Å²) >= 11 is 0. The van der Waals surface area contributed by atoms with Crippen molar-refractivity contribution in [3.63, 3.8) is 0 Å². The van der Waals surface area contributed by atoms with E-state index in [-0.39, 0.29) is 29.1 Å². The molecule has 0 fully saturated rings. The van der Waals surface area contributed by atoms with Crippen LogP contribution < -0.4 is 5.32 Å². The van der Waals surface area contributed by atoms with Crippen LogP contribution in [0.1, 0.15) is 40.4 Å². The molecule has 2 rings (SSSR count). The summed E-state index contributed by atoms with van der Waals surface area (Å²) in [5, 5.41) is 11.7. The van der Waals surface area contributed by atoms with Gasteiger partial charge in [0.15, 0.2) is 0 Å². The van der Waals surface area contributed by atoms with Crippen LogP contribution >= 0.6 is 0 Å². The molecule has 2 aromatic carbocycles. The molecule has 4 nitrogen and oxygen atoms in total. The van der Waals surface area contributed by atoms with Gasteiger partial charge >= 0.3 is 12.1 Å². The lowest BCUT2D eigenvalue weighted by Gasteiger charge is -2.08. The molecule has 0 heterocycles. The molecule has 0 saturated heterocycles. The molecule has 26 heavy (non-hydrogen) atoms. The normalized spacial score (nSPS) is 10.6. The fraction of sp³-hybridized carbons (Fsp3) is 0.158. The molecule has 0 radical (unpaired) electrons. The van der Waals surface area contributed by atoms with Crippen molar-refractivity contribution in [2.75, 3.05) is 5.32 Å². The summed E-state index contributed by atoms with van der Waals surface area (Å²) in [4.78, 5) is 22.8. The molecule has 0 unspecified atom stereocenters. The lowest BCUT2D eigenvalue weighted by Crippen LogP contribution is -2.13. The van der Waals surface area contributed by atoms with E-state index in [9.17, 15) is 27.9 Å². The Morgan fingerprint density at radius 1 is 1.08 bits per heavy atom. The topological polar surface area (TPSA) is 66.4 Å². The SMILES string of the molecule is CCC(=O)Nc1ccc(C#Cc2cccc(C(F)(F)F)c2)cc1C(=O)O. The predicted octanol–water partition coefficient (Wildman–Crippen LogP) is 4.15. The maximum Gasteiger partial charge on any atom is 0.416 e. The van der Waals surface area contributed by atoms with Gasteiger partial charge < -0.3 is 10.4 Å². The fourth-order valence-corrected chi connectivity index (χ4v) is 2.06. The smallest absolute Gasteiger partial charge is 0.416 e. The summed E-state index contributed by atoms with van der Waals surface area (Å²) in [5.74, 6) is 3.63. The van der Waals surface area contributed by atoms with Crippen molar-refractivity contribution in [1.29, 1.82) is 0 Å². The Kier molecular flexibility index (Phi) is 5.68. The van der Waals surface area contributed by atoms with E-state index in [1.807, 2.05) is 0 Å². The van der Waals surface area contributed by atoms with Gasteiger partial charge in [0.25, 0.3) is 0 Å². The predicted molar refractivity (Wildman–Crippen MR) is 89.7 cm³/mol. The standard InChI is InChI=1S/C19H14F3NO3/c1-2-17(24)23-16-9-8-13(11-15(16)18(25)26)7-6-12-4-3-5-14(10-12)19(20,21)22/h3-5,8-11H,2H2,1H3,(H,23,24)(H,25,26). The molecule has 1 amide bonds. The quantitative estimate of drug-likeness (QED) is 0.807. The molecule has 2 N–H and O–H groups in total. The number of alkyl halides is 3. The van der Waals surface area contributed by atoms with Gasteiger partial charge in [0.2, 0.25) is 5.91 Å². The Morgan fingerprint density at radius 2 is 1.73 bits per heavy atom. The third kappa shape index (κ3) is 4.86. The maximum absolute atomic E-state index is 12.7. The second-order valence-corrected chi connectivity index (χ2v) is 5.30. The van der Waals surface area contributed by atoms with Crippen molar-refractivity contribution in [3.05, 3.63) is 64.7 Å². The third-order valence-corrected chi connectivity index (χ3v) is 3.39. The van der Waals surface area contributed by atoms with Crippen LogP contribution in [-0.2, 0) is 11.0 Å². The Morgan fingerprint density at radius 3 is 2.31 bits per heavy atom. The lowest BCUT2D eigenvalue weighted by molar-refractivity contribution is -0.137. The highest BCUT2D eigenvalue weighted by atomic mass is 19.4. The van der Waals surface area contributed by atoms with E-state index in [4.69, 9.17) is 0 Å². The summed E-state index contributed by atoms with van der Waals surface area (Å²) in [6.07, 6.45) is -4.27. The Balaban J connectivity index is 2.34. The van der Waals surface area contributed by atoms with Gasteiger partial charge in [0, 0.05) is 17.5 Å². The second-order valence-electron chi connectivity index (χ2n) is 5.30. The summed E-state index contributed by atoms with van der Waals surface area (Å²) in [6, 6.07) is 8.68. The minimum Gasteiger partial charge on any atom is -0.478 e. The van der Waals surface area contributed by atoms with Gasteiger partial charge in [-0.1, -0.05) is 24.8 Å². The number of anilines is 1. The lowest BCUT2D eigenvalue weighted by atomic mass is 10.1. The molecule has 134 valence electrons. The van der Waals surface area contributed by atoms with E-state index in [0.29, 0.717) is 5.56 Å². The maximum atomic E-state index is 12.7. The molecular formula is C19H14F3NO3. The molecule has 0 bridgehead atoms. The van der Waals surface area contributed by atoms with Gasteiger partial charge in [-0.05, 0) is 36.4 Å². The highest BCUT2D eigenvalue weighted by molar-refractivity contribution is 6.00. The van der Waals surface area contributed by atoms with Gasteiger partial charge in [-0.2, -0.15) is 13.2 Å². The van der Waals surface area contributed by atoms with Crippen LogP contribution in [0, 0.1) is 11.8 Å². The zero-order chi connectivity index (χ0) is 19.3. The van der Waals surface area contributed by atoms with Crippen LogP contribution in [0.4, 0.5) is 18.9 Å². The first kappa shape index (κ1) is 19.1. The minimum atomic E-state index is -4.46. The summed E-state index contributed by atoms with van der Waals surface area (Å²) in [5.41, 5.74) is -0.376. The summed E-state index contributed by atoms with van der Waals surface area (Å²) in [6.45, 7) is 1.63. The van der Waals surface area contributed by atoms with Crippen LogP contribution in [0.25, 0.3) is 0 Å². The van der Waals surface area contributed by atoms with Crippen LogP contribution in [0.2, 0.25) is 0 Å². The van der Waals surface area contributed by atoms with Crippen molar-refractivity contribution in [2.24, 2.45) is 0 Å². The van der Waals surface area contributed by atoms with E-state index in [1.54, 1.807) is 6.92 Å². The van der Waals surface area contributed by atoms with Crippen LogP contribution in [0.3, 0.4) is 0 Å². The Labute approximate surface area is 147 Å². The largest absolute Gasteiger partial charge is 0.478 e. The molecule has 0 aliphatic carbocycles. The van der Waals surface area contributed by atoms with Gasteiger partial charge in [0.05, 0.1) is 16.8 Å².